The van der Waals surface area contributed by atoms with E-state index < -0.39 is 0 Å². The normalized spacial score (nSPS) is 12.0. The van der Waals surface area contributed by atoms with Crippen LogP contribution in [-0.2, 0) is 14.3 Å². The molecule has 0 N–H and O–H groups in total. The predicted molar refractivity (Wildman–Crippen MR) is 212 cm³/mol. The lowest BCUT2D eigenvalue weighted by Crippen LogP contribution is -2.18. The third-order valence-corrected chi connectivity index (χ3v) is 10.5. The number of rotatable bonds is 42. The van der Waals surface area contributed by atoms with Crippen molar-refractivity contribution >= 4 is 12.3 Å². The van der Waals surface area contributed by atoms with Gasteiger partial charge in [0.1, 0.15) is 6.10 Å². The maximum absolute atomic E-state index is 12.5. The minimum absolute atomic E-state index is 0.0552. The molecule has 0 heterocycles. The molecule has 3 heteroatoms. The lowest BCUT2D eigenvalue weighted by molar-refractivity contribution is -0.150. The average Bonchev–Trinajstić information content (AvgIpc) is 3.09. The lowest BCUT2D eigenvalue weighted by atomic mass is 10.0. The van der Waals surface area contributed by atoms with E-state index in [2.05, 4.69) is 13.8 Å². The highest BCUT2D eigenvalue weighted by Crippen LogP contribution is 2.19. The van der Waals surface area contributed by atoms with Gasteiger partial charge in [0.15, 0.2) is 6.29 Å². The van der Waals surface area contributed by atoms with Crippen molar-refractivity contribution in [1.82, 2.24) is 0 Å². The zero-order chi connectivity index (χ0) is 34.9. The van der Waals surface area contributed by atoms with E-state index in [0.29, 0.717) is 12.8 Å². The van der Waals surface area contributed by atoms with Crippen molar-refractivity contribution in [1.29, 1.82) is 0 Å². The number of hydrogen-bond donors (Lipinski definition) is 0. The van der Waals surface area contributed by atoms with Crippen molar-refractivity contribution in [2.75, 3.05) is 0 Å². The second-order valence-corrected chi connectivity index (χ2v) is 15.4. The van der Waals surface area contributed by atoms with E-state index in [4.69, 9.17) is 4.74 Å². The summed E-state index contributed by atoms with van der Waals surface area (Å²) < 4.78 is 5.97. The summed E-state index contributed by atoms with van der Waals surface area (Å²) >= 11 is 0. The summed E-state index contributed by atoms with van der Waals surface area (Å²) in [6.45, 7) is 4.53. The molecule has 1 radical (unpaired) electrons. The third-order valence-electron chi connectivity index (χ3n) is 10.5. The van der Waals surface area contributed by atoms with E-state index in [9.17, 15) is 9.59 Å². The van der Waals surface area contributed by atoms with Gasteiger partial charge < -0.3 is 4.74 Å². The van der Waals surface area contributed by atoms with Crippen LogP contribution in [0.3, 0.4) is 0 Å². The fourth-order valence-corrected chi connectivity index (χ4v) is 7.15. The monoisotopic (exact) mass is 676 g/mol. The summed E-state index contributed by atoms with van der Waals surface area (Å²) in [5.41, 5.74) is 0. The first kappa shape index (κ1) is 47.1. The number of carbonyl (C=O) groups excluding carboxylic acids is 2. The van der Waals surface area contributed by atoms with Gasteiger partial charge in [-0.15, -0.1) is 0 Å². The van der Waals surface area contributed by atoms with Crippen molar-refractivity contribution in [3.63, 3.8) is 0 Å². The fraction of sp³-hybridized carbons (Fsp3) is 0.956. The molecule has 0 bridgehead atoms. The van der Waals surface area contributed by atoms with Crippen LogP contribution in [0.2, 0.25) is 0 Å². The highest BCUT2D eigenvalue weighted by atomic mass is 16.5. The Morgan fingerprint density at radius 1 is 0.396 bits per heavy atom. The minimum Gasteiger partial charge on any atom is -0.462 e. The first-order chi connectivity index (χ1) is 23.7. The first-order valence-electron chi connectivity index (χ1n) is 22.3. The molecule has 0 saturated heterocycles. The molecule has 1 atom stereocenters. The third kappa shape index (κ3) is 39.6. The van der Waals surface area contributed by atoms with Crippen LogP contribution < -0.4 is 0 Å². The molecule has 0 aliphatic carbocycles. The Hall–Kier alpha value is -0.860. The number of ether oxygens (including phenoxy) is 1. The molecule has 285 valence electrons. The van der Waals surface area contributed by atoms with E-state index in [1.165, 1.54) is 218 Å². The molecule has 0 saturated carbocycles. The maximum Gasteiger partial charge on any atom is 0.306 e. The van der Waals surface area contributed by atoms with Gasteiger partial charge in [-0.1, -0.05) is 226 Å². The van der Waals surface area contributed by atoms with Crippen molar-refractivity contribution in [2.24, 2.45) is 0 Å². The molecule has 0 spiro atoms. The molecule has 0 amide bonds. The number of carbonyl (C=O) groups is 1. The Balaban J connectivity index is 3.53. The minimum atomic E-state index is 0.0552. The molecule has 0 fully saturated rings. The number of esters is 1. The van der Waals surface area contributed by atoms with E-state index in [1.807, 2.05) is 6.29 Å². The Kier molecular flexibility index (Phi) is 41.5. The highest BCUT2D eigenvalue weighted by molar-refractivity contribution is 5.69. The summed E-state index contributed by atoms with van der Waals surface area (Å²) in [5.74, 6) is 0.0552. The molecule has 3 nitrogen and oxygen atoms in total. The molecule has 0 rings (SSSR count). The molecular formula is C45H87O3. The van der Waals surface area contributed by atoms with Gasteiger partial charge in [0.25, 0.3) is 0 Å². The van der Waals surface area contributed by atoms with Gasteiger partial charge >= 0.3 is 5.97 Å². The summed E-state index contributed by atoms with van der Waals surface area (Å²) in [4.78, 5) is 22.7. The summed E-state index contributed by atoms with van der Waals surface area (Å²) in [7, 11) is 0. The Bertz CT molecular complexity index is 617. The second kappa shape index (κ2) is 42.3. The second-order valence-electron chi connectivity index (χ2n) is 15.4. The zero-order valence-corrected chi connectivity index (χ0v) is 33.1. The predicted octanol–water partition coefficient (Wildman–Crippen LogP) is 15.7. The van der Waals surface area contributed by atoms with Crippen molar-refractivity contribution in [2.45, 2.75) is 277 Å². The van der Waals surface area contributed by atoms with E-state index in [-0.39, 0.29) is 12.1 Å². The molecular weight excluding hydrogens is 588 g/mol. The standard InChI is InChI=1S/C45H87O3/c1-3-5-7-8-9-10-11-12-19-23-26-29-32-35-38-42-45(47)48-44(40-6-4-2)41-37-34-31-28-25-22-20-17-15-13-14-16-18-21-24-27-30-33-36-39-43-46/h44H,3-42H2,1-2H3. The van der Waals surface area contributed by atoms with Gasteiger partial charge in [-0.05, 0) is 32.1 Å². The van der Waals surface area contributed by atoms with Crippen LogP contribution in [0.15, 0.2) is 0 Å². The number of unbranched alkanes of at least 4 members (excludes halogenated alkanes) is 34. The topological polar surface area (TPSA) is 43.4 Å². The molecule has 48 heavy (non-hydrogen) atoms. The van der Waals surface area contributed by atoms with Gasteiger partial charge in [-0.2, -0.15) is 0 Å². The highest BCUT2D eigenvalue weighted by Gasteiger charge is 2.14. The fourth-order valence-electron chi connectivity index (χ4n) is 7.15. The first-order valence-corrected chi connectivity index (χ1v) is 22.3. The van der Waals surface area contributed by atoms with E-state index >= 15 is 0 Å². The lowest BCUT2D eigenvalue weighted by Gasteiger charge is -2.18. The zero-order valence-electron chi connectivity index (χ0n) is 33.1. The maximum atomic E-state index is 12.5. The smallest absolute Gasteiger partial charge is 0.306 e. The van der Waals surface area contributed by atoms with Crippen LogP contribution in [0.4, 0.5) is 0 Å². The van der Waals surface area contributed by atoms with Gasteiger partial charge in [-0.3, -0.25) is 9.59 Å². The summed E-state index contributed by atoms with van der Waals surface area (Å²) in [6, 6.07) is 0. The van der Waals surface area contributed by atoms with Gasteiger partial charge in [0.2, 0.25) is 0 Å². The Labute approximate surface area is 302 Å². The van der Waals surface area contributed by atoms with Gasteiger partial charge in [0.05, 0.1) is 0 Å². The van der Waals surface area contributed by atoms with Crippen molar-refractivity contribution in [3.05, 3.63) is 0 Å². The number of hydrogen-bond acceptors (Lipinski definition) is 3. The molecule has 0 aromatic carbocycles. The van der Waals surface area contributed by atoms with Crippen LogP contribution in [0.25, 0.3) is 0 Å². The van der Waals surface area contributed by atoms with E-state index in [1.54, 1.807) is 0 Å². The molecule has 0 aromatic rings. The molecule has 1 unspecified atom stereocenters. The van der Waals surface area contributed by atoms with Crippen LogP contribution in [0.1, 0.15) is 271 Å². The van der Waals surface area contributed by atoms with Crippen molar-refractivity contribution in [3.8, 4) is 0 Å². The molecule has 0 aliphatic heterocycles. The van der Waals surface area contributed by atoms with Crippen molar-refractivity contribution < 1.29 is 14.3 Å². The quantitative estimate of drug-likeness (QED) is 0.0478. The summed E-state index contributed by atoms with van der Waals surface area (Å²) in [6.07, 6.45) is 53.7. The van der Waals surface area contributed by atoms with Gasteiger partial charge in [-0.25, -0.2) is 0 Å². The Morgan fingerprint density at radius 2 is 0.688 bits per heavy atom. The largest absolute Gasteiger partial charge is 0.462 e. The summed E-state index contributed by atoms with van der Waals surface area (Å²) in [5, 5.41) is 0. The Morgan fingerprint density at radius 3 is 1.04 bits per heavy atom. The SMILES string of the molecule is CCCCCCCCCCCCCCCCCC(=O)OC(CCCC)CCCCCCCCCCCCCCCCCCCCC[C]=O. The van der Waals surface area contributed by atoms with Crippen LogP contribution in [-0.4, -0.2) is 18.4 Å². The molecule has 0 aliphatic rings. The van der Waals surface area contributed by atoms with E-state index in [0.717, 1.165) is 25.7 Å². The van der Waals surface area contributed by atoms with Crippen LogP contribution in [0.5, 0.6) is 0 Å². The average molecular weight is 676 g/mol. The van der Waals surface area contributed by atoms with Gasteiger partial charge in [0, 0.05) is 12.8 Å². The molecule has 0 aromatic heterocycles. The van der Waals surface area contributed by atoms with Crippen LogP contribution in [0, 0.1) is 0 Å². The van der Waals surface area contributed by atoms with Crippen LogP contribution >= 0.6 is 0 Å².